The predicted molar refractivity (Wildman–Crippen MR) is 119 cm³/mol. The first-order valence-electron chi connectivity index (χ1n) is 10.6. The number of nitrogens with zero attached hydrogens (tertiary/aromatic N) is 1. The van der Waals surface area contributed by atoms with Crippen LogP contribution in [0.15, 0.2) is 54.1 Å². The molecule has 0 spiro atoms. The van der Waals surface area contributed by atoms with Gasteiger partial charge in [-0.3, -0.25) is 19.3 Å². The van der Waals surface area contributed by atoms with Crippen molar-refractivity contribution in [1.82, 2.24) is 0 Å². The maximum atomic E-state index is 13.1. The van der Waals surface area contributed by atoms with Gasteiger partial charge in [0.1, 0.15) is 11.5 Å². The van der Waals surface area contributed by atoms with Crippen molar-refractivity contribution in [3.8, 4) is 11.5 Å². The molecule has 1 heterocycles. The van der Waals surface area contributed by atoms with Crippen LogP contribution in [-0.4, -0.2) is 31.9 Å². The van der Waals surface area contributed by atoms with E-state index in [4.69, 9.17) is 9.47 Å². The number of nitrogens with one attached hydrogen (secondary N) is 1. The number of methoxy groups -OCH3 is 2. The minimum atomic E-state index is -0.325. The van der Waals surface area contributed by atoms with E-state index in [0.717, 1.165) is 6.42 Å². The molecule has 2 aromatic rings. The number of benzene rings is 2. The van der Waals surface area contributed by atoms with Crippen LogP contribution in [0.3, 0.4) is 0 Å². The maximum absolute atomic E-state index is 13.1. The van der Waals surface area contributed by atoms with Crippen LogP contribution in [0.2, 0.25) is 0 Å². The molecule has 3 amide bonds. The van der Waals surface area contributed by atoms with E-state index in [2.05, 4.69) is 11.4 Å². The molecule has 4 atom stereocenters. The topological polar surface area (TPSA) is 84.9 Å². The number of allylic oxidation sites excluding steroid dienone is 2. The lowest BCUT2D eigenvalue weighted by Crippen LogP contribution is -2.33. The fraction of sp³-hybridized carbons (Fsp3) is 0.320. The number of hydrogen-bond donors (Lipinski definition) is 1. The number of ether oxygens (including phenoxy) is 2. The van der Waals surface area contributed by atoms with E-state index in [1.165, 1.54) is 17.6 Å². The minimum absolute atomic E-state index is 0.125. The molecular weight excluding hydrogens is 408 g/mol. The molecule has 0 radical (unpaired) electrons. The smallest absolute Gasteiger partial charge is 0.255 e. The number of hydrogen-bond acceptors (Lipinski definition) is 5. The molecule has 1 aliphatic heterocycles. The molecule has 7 heteroatoms. The number of amides is 3. The molecule has 32 heavy (non-hydrogen) atoms. The van der Waals surface area contributed by atoms with Gasteiger partial charge in [0, 0.05) is 11.6 Å². The van der Waals surface area contributed by atoms with Gasteiger partial charge >= 0.3 is 0 Å². The molecule has 2 aromatic carbocycles. The Balaban J connectivity index is 1.34. The fourth-order valence-corrected chi connectivity index (χ4v) is 5.39. The minimum Gasteiger partial charge on any atom is -0.497 e. The van der Waals surface area contributed by atoms with Gasteiger partial charge in [0.2, 0.25) is 11.8 Å². The lowest BCUT2D eigenvalue weighted by atomic mass is 9.82. The van der Waals surface area contributed by atoms with Crippen LogP contribution in [0, 0.1) is 23.7 Å². The lowest BCUT2D eigenvalue weighted by molar-refractivity contribution is -0.123. The van der Waals surface area contributed by atoms with E-state index in [9.17, 15) is 14.4 Å². The van der Waals surface area contributed by atoms with Gasteiger partial charge in [-0.1, -0.05) is 11.6 Å². The zero-order chi connectivity index (χ0) is 22.6. The van der Waals surface area contributed by atoms with Crippen molar-refractivity contribution in [2.75, 3.05) is 24.4 Å². The van der Waals surface area contributed by atoms with Gasteiger partial charge in [-0.05, 0) is 61.6 Å². The fourth-order valence-electron chi connectivity index (χ4n) is 5.39. The zero-order valence-corrected chi connectivity index (χ0v) is 18.1. The van der Waals surface area contributed by atoms with Gasteiger partial charge in [-0.25, -0.2) is 0 Å². The average molecular weight is 432 g/mol. The number of carbonyl (C=O) groups excluding carboxylic acids is 3. The highest BCUT2D eigenvalue weighted by Crippen LogP contribution is 2.55. The maximum Gasteiger partial charge on any atom is 0.255 e. The molecule has 7 nitrogen and oxygen atoms in total. The second kappa shape index (κ2) is 7.51. The molecular formula is C25H24N2O5. The molecule has 1 N–H and O–H groups in total. The standard InChI is InChI=1S/C25H24N2O5/c1-13-10-15-11-18(13)22-21(15)24(29)27(25(22)30)16-6-4-14(5-7-16)23(28)26-19-9-8-17(31-2)12-20(19)32-3/h4-10,12,15,18,21-22H,11H2,1-3H3,(H,26,28)/t15-,18+,21+,22-/m0/s1. The van der Waals surface area contributed by atoms with Crippen LogP contribution >= 0.6 is 0 Å². The van der Waals surface area contributed by atoms with Crippen molar-refractivity contribution in [2.24, 2.45) is 23.7 Å². The van der Waals surface area contributed by atoms with Crippen molar-refractivity contribution < 1.29 is 23.9 Å². The van der Waals surface area contributed by atoms with Gasteiger partial charge in [0.25, 0.3) is 5.91 Å². The second-order valence-electron chi connectivity index (χ2n) is 8.55. The monoisotopic (exact) mass is 432 g/mol. The summed E-state index contributed by atoms with van der Waals surface area (Å²) in [6, 6.07) is 11.7. The highest BCUT2D eigenvalue weighted by Gasteiger charge is 2.60. The van der Waals surface area contributed by atoms with E-state index < -0.39 is 0 Å². The molecule has 0 unspecified atom stereocenters. The average Bonchev–Trinajstić information content (AvgIpc) is 3.44. The number of fused-ring (bicyclic) bond motifs is 5. The van der Waals surface area contributed by atoms with Crippen molar-refractivity contribution in [2.45, 2.75) is 13.3 Å². The summed E-state index contributed by atoms with van der Waals surface area (Å²) in [4.78, 5) is 40.2. The molecule has 2 aliphatic carbocycles. The van der Waals surface area contributed by atoms with Gasteiger partial charge in [-0.2, -0.15) is 0 Å². The molecule has 2 fully saturated rings. The summed E-state index contributed by atoms with van der Waals surface area (Å²) in [5.41, 5.74) is 2.65. The Morgan fingerprint density at radius 3 is 2.41 bits per heavy atom. The van der Waals surface area contributed by atoms with Gasteiger partial charge in [0.15, 0.2) is 0 Å². The molecule has 3 aliphatic rings. The SMILES string of the molecule is COc1ccc(NC(=O)c2ccc(N3C(=O)[C@@H]4[C@H](C3=O)[C@H]3C=C(C)[C@H]4C3)cc2)c(OC)c1. The lowest BCUT2D eigenvalue weighted by Gasteiger charge is -2.19. The Labute approximate surface area is 186 Å². The van der Waals surface area contributed by atoms with Crippen LogP contribution in [0.5, 0.6) is 11.5 Å². The summed E-state index contributed by atoms with van der Waals surface area (Å²) in [6.45, 7) is 2.05. The highest BCUT2D eigenvalue weighted by atomic mass is 16.5. The zero-order valence-electron chi connectivity index (χ0n) is 18.1. The third-order valence-corrected chi connectivity index (χ3v) is 6.93. The van der Waals surface area contributed by atoms with Crippen molar-refractivity contribution in [3.05, 3.63) is 59.7 Å². The van der Waals surface area contributed by atoms with Crippen molar-refractivity contribution in [1.29, 1.82) is 0 Å². The summed E-state index contributed by atoms with van der Waals surface area (Å²) >= 11 is 0. The van der Waals surface area contributed by atoms with Crippen LogP contribution in [0.4, 0.5) is 11.4 Å². The van der Waals surface area contributed by atoms with E-state index in [1.807, 2.05) is 6.92 Å². The van der Waals surface area contributed by atoms with Gasteiger partial charge < -0.3 is 14.8 Å². The van der Waals surface area contributed by atoms with Crippen LogP contribution < -0.4 is 19.7 Å². The van der Waals surface area contributed by atoms with E-state index in [0.29, 0.717) is 28.4 Å². The summed E-state index contributed by atoms with van der Waals surface area (Å²) in [5.74, 6) is 0.363. The van der Waals surface area contributed by atoms with Gasteiger partial charge in [0.05, 0.1) is 37.4 Å². The number of imide groups is 1. The van der Waals surface area contributed by atoms with Crippen molar-refractivity contribution >= 4 is 29.1 Å². The summed E-state index contributed by atoms with van der Waals surface area (Å²) in [6.07, 6.45) is 3.06. The van der Waals surface area contributed by atoms with E-state index in [1.54, 1.807) is 49.6 Å². The van der Waals surface area contributed by atoms with Crippen molar-refractivity contribution in [3.63, 3.8) is 0 Å². The third-order valence-electron chi connectivity index (χ3n) is 6.93. The van der Waals surface area contributed by atoms with Crippen LogP contribution in [-0.2, 0) is 9.59 Å². The largest absolute Gasteiger partial charge is 0.497 e. The van der Waals surface area contributed by atoms with Gasteiger partial charge in [-0.15, -0.1) is 0 Å². The first kappa shape index (κ1) is 20.3. The molecule has 1 saturated heterocycles. The Hall–Kier alpha value is -3.61. The molecule has 5 rings (SSSR count). The summed E-state index contributed by atoms with van der Waals surface area (Å²) in [5, 5.41) is 2.82. The Morgan fingerprint density at radius 1 is 1.00 bits per heavy atom. The summed E-state index contributed by atoms with van der Waals surface area (Å²) in [7, 11) is 3.07. The van der Waals surface area contributed by atoms with Crippen LogP contribution in [0.1, 0.15) is 23.7 Å². The Kier molecular flexibility index (Phi) is 4.77. The molecule has 2 bridgehead atoms. The third kappa shape index (κ3) is 2.99. The Bertz CT molecular complexity index is 1150. The second-order valence-corrected chi connectivity index (χ2v) is 8.55. The number of anilines is 2. The normalized spacial score (nSPS) is 25.6. The highest BCUT2D eigenvalue weighted by molar-refractivity contribution is 6.23. The quantitative estimate of drug-likeness (QED) is 0.576. The first-order chi connectivity index (χ1) is 15.4. The number of rotatable bonds is 5. The Morgan fingerprint density at radius 2 is 1.72 bits per heavy atom. The predicted octanol–water partition coefficient (Wildman–Crippen LogP) is 3.66. The van der Waals surface area contributed by atoms with Crippen LogP contribution in [0.25, 0.3) is 0 Å². The van der Waals surface area contributed by atoms with E-state index in [-0.39, 0.29) is 41.4 Å². The summed E-state index contributed by atoms with van der Waals surface area (Å²) < 4.78 is 10.5. The first-order valence-corrected chi connectivity index (χ1v) is 10.6. The number of carbonyl (C=O) groups is 3. The van der Waals surface area contributed by atoms with E-state index >= 15 is 0 Å². The molecule has 0 aromatic heterocycles. The molecule has 164 valence electrons. The molecule has 1 saturated carbocycles.